The van der Waals surface area contributed by atoms with Crippen LogP contribution in [0.5, 0.6) is 0 Å². The van der Waals surface area contributed by atoms with Gasteiger partial charge >= 0.3 is 0 Å². The number of rotatable bonds is 3. The normalized spacial score (nSPS) is 17.0. The highest BCUT2D eigenvalue weighted by Crippen LogP contribution is 2.35. The fourth-order valence-electron chi connectivity index (χ4n) is 3.24. The summed E-state index contributed by atoms with van der Waals surface area (Å²) in [7, 11) is 1.85. The summed E-state index contributed by atoms with van der Waals surface area (Å²) in [5, 5.41) is 1.12. The topological polar surface area (TPSA) is 59.0 Å². The maximum Gasteiger partial charge on any atom is 0.272 e. The van der Waals surface area contributed by atoms with Crippen molar-refractivity contribution in [3.8, 4) is 0 Å². The molecule has 0 aliphatic heterocycles. The van der Waals surface area contributed by atoms with Crippen molar-refractivity contribution in [3.63, 3.8) is 0 Å². The summed E-state index contributed by atoms with van der Waals surface area (Å²) < 4.78 is 0. The first-order chi connectivity index (χ1) is 10.9. The summed E-state index contributed by atoms with van der Waals surface area (Å²) in [5.41, 5.74) is 2.50. The summed E-state index contributed by atoms with van der Waals surface area (Å²) in [6, 6.07) is 1.76. The fraction of sp³-hybridized carbons (Fsp3) is 0.529. The Kier molecular flexibility index (Phi) is 4.43. The van der Waals surface area contributed by atoms with Crippen molar-refractivity contribution in [1.82, 2.24) is 19.9 Å². The number of fused-ring (bicyclic) bond motifs is 1. The summed E-state index contributed by atoms with van der Waals surface area (Å²) in [6.07, 6.45) is 3.39. The van der Waals surface area contributed by atoms with Gasteiger partial charge in [0.2, 0.25) is 0 Å². The molecule has 122 valence electrons. The Morgan fingerprint density at radius 1 is 1.30 bits per heavy atom. The monoisotopic (exact) mass is 330 g/mol. The zero-order valence-electron chi connectivity index (χ0n) is 14.1. The highest BCUT2D eigenvalue weighted by Gasteiger charge is 2.27. The highest BCUT2D eigenvalue weighted by molar-refractivity contribution is 7.11. The molecule has 2 heterocycles. The van der Waals surface area contributed by atoms with E-state index in [1.165, 1.54) is 17.0 Å². The molecular formula is C17H22N4OS. The molecule has 0 radical (unpaired) electrons. The molecule has 0 spiro atoms. The molecule has 3 rings (SSSR count). The lowest BCUT2D eigenvalue weighted by molar-refractivity contribution is 0.0776. The number of carbonyl (C=O) groups excluding carboxylic acids is 1. The molecule has 2 aromatic rings. The Balaban J connectivity index is 1.76. The number of nitrogens with zero attached hydrogens (tertiary/aromatic N) is 4. The maximum atomic E-state index is 12.7. The van der Waals surface area contributed by atoms with Gasteiger partial charge in [-0.25, -0.2) is 15.0 Å². The molecular weight excluding hydrogens is 308 g/mol. The van der Waals surface area contributed by atoms with Gasteiger partial charge in [0.1, 0.15) is 11.5 Å². The van der Waals surface area contributed by atoms with Crippen LogP contribution in [0.1, 0.15) is 56.3 Å². The number of aromatic nitrogens is 3. The Hall–Kier alpha value is -1.82. The first-order valence-corrected chi connectivity index (χ1v) is 8.79. The average molecular weight is 330 g/mol. The summed E-state index contributed by atoms with van der Waals surface area (Å²) in [4.78, 5) is 29.0. The summed E-state index contributed by atoms with van der Waals surface area (Å²) in [6.45, 7) is 6.45. The molecule has 0 saturated heterocycles. The zero-order valence-corrected chi connectivity index (χ0v) is 14.9. The largest absolute Gasteiger partial charge is 0.340 e. The average Bonchev–Trinajstić information content (AvgIpc) is 2.86. The summed E-state index contributed by atoms with van der Waals surface area (Å²) >= 11 is 1.79. The van der Waals surface area contributed by atoms with Crippen LogP contribution in [0.15, 0.2) is 6.07 Å². The van der Waals surface area contributed by atoms with Crippen molar-refractivity contribution >= 4 is 17.2 Å². The fourth-order valence-corrected chi connectivity index (χ4v) is 4.31. The Labute approximate surface area is 140 Å². The lowest BCUT2D eigenvalue weighted by Crippen LogP contribution is -2.33. The van der Waals surface area contributed by atoms with Crippen molar-refractivity contribution in [1.29, 1.82) is 0 Å². The smallest absolute Gasteiger partial charge is 0.272 e. The van der Waals surface area contributed by atoms with Crippen LogP contribution in [0.3, 0.4) is 0 Å². The first kappa shape index (κ1) is 16.1. The molecule has 1 unspecified atom stereocenters. The van der Waals surface area contributed by atoms with Crippen LogP contribution in [0.4, 0.5) is 0 Å². The zero-order chi connectivity index (χ0) is 16.6. The Morgan fingerprint density at radius 2 is 2.09 bits per heavy atom. The van der Waals surface area contributed by atoms with E-state index in [1.54, 1.807) is 22.3 Å². The van der Waals surface area contributed by atoms with Gasteiger partial charge in [-0.3, -0.25) is 4.79 Å². The second kappa shape index (κ2) is 6.35. The van der Waals surface area contributed by atoms with Crippen LogP contribution in [0.2, 0.25) is 0 Å². The molecule has 1 amide bonds. The van der Waals surface area contributed by atoms with Crippen LogP contribution in [-0.2, 0) is 6.42 Å². The molecule has 5 nitrogen and oxygen atoms in total. The molecule has 1 aliphatic rings. The minimum atomic E-state index is -0.0438. The highest BCUT2D eigenvalue weighted by atomic mass is 32.1. The SMILES string of the molecule is Cc1cc(C(=O)N(C)CC2CCCc3sc(C)nc32)nc(C)n1. The van der Waals surface area contributed by atoms with Crippen molar-refractivity contribution in [2.45, 2.75) is 46.0 Å². The molecule has 1 atom stereocenters. The van der Waals surface area contributed by atoms with E-state index in [-0.39, 0.29) is 5.91 Å². The van der Waals surface area contributed by atoms with Gasteiger partial charge < -0.3 is 4.90 Å². The Morgan fingerprint density at radius 3 is 2.83 bits per heavy atom. The number of aryl methyl sites for hydroxylation is 4. The quantitative estimate of drug-likeness (QED) is 0.868. The Bertz CT molecular complexity index is 720. The molecule has 6 heteroatoms. The number of likely N-dealkylation sites (N-methyl/N-ethyl adjacent to an activating group) is 1. The predicted molar refractivity (Wildman–Crippen MR) is 91.0 cm³/mol. The second-order valence-electron chi connectivity index (χ2n) is 6.26. The van der Waals surface area contributed by atoms with Gasteiger partial charge in [-0.05, 0) is 46.1 Å². The van der Waals surface area contributed by atoms with E-state index in [4.69, 9.17) is 4.98 Å². The number of hydrogen-bond donors (Lipinski definition) is 0. The summed E-state index contributed by atoms with van der Waals surface area (Å²) in [5.74, 6) is 0.927. The molecule has 0 N–H and O–H groups in total. The van der Waals surface area contributed by atoms with Crippen molar-refractivity contribution in [2.75, 3.05) is 13.6 Å². The third kappa shape index (κ3) is 3.42. The third-order valence-electron chi connectivity index (χ3n) is 4.20. The molecule has 1 aliphatic carbocycles. The number of hydrogen-bond acceptors (Lipinski definition) is 5. The van der Waals surface area contributed by atoms with Gasteiger partial charge in [-0.1, -0.05) is 0 Å². The minimum Gasteiger partial charge on any atom is -0.340 e. The molecule has 23 heavy (non-hydrogen) atoms. The van der Waals surface area contributed by atoms with Crippen molar-refractivity contribution in [3.05, 3.63) is 38.9 Å². The van der Waals surface area contributed by atoms with Crippen LogP contribution in [-0.4, -0.2) is 39.4 Å². The van der Waals surface area contributed by atoms with Crippen LogP contribution >= 0.6 is 11.3 Å². The predicted octanol–water partition coefficient (Wildman–Crippen LogP) is 3.05. The van der Waals surface area contributed by atoms with E-state index in [0.717, 1.165) is 23.5 Å². The van der Waals surface area contributed by atoms with Gasteiger partial charge in [0.15, 0.2) is 0 Å². The van der Waals surface area contributed by atoms with E-state index in [9.17, 15) is 4.79 Å². The van der Waals surface area contributed by atoms with E-state index >= 15 is 0 Å². The van der Waals surface area contributed by atoms with Crippen LogP contribution in [0.25, 0.3) is 0 Å². The van der Waals surface area contributed by atoms with Crippen molar-refractivity contribution < 1.29 is 4.79 Å². The number of thiazole rings is 1. The first-order valence-electron chi connectivity index (χ1n) is 7.98. The molecule has 0 aromatic carbocycles. The standard InChI is InChI=1S/C17H22N4OS/c1-10-8-14(19-11(2)18-10)17(22)21(4)9-13-6-5-7-15-16(13)20-12(3)23-15/h8,13H,5-7,9H2,1-4H3. The lowest BCUT2D eigenvalue weighted by Gasteiger charge is -2.26. The van der Waals surface area contributed by atoms with Gasteiger partial charge in [-0.2, -0.15) is 0 Å². The van der Waals surface area contributed by atoms with E-state index in [0.29, 0.717) is 24.0 Å². The molecule has 0 bridgehead atoms. The minimum absolute atomic E-state index is 0.0438. The third-order valence-corrected chi connectivity index (χ3v) is 5.25. The number of carbonyl (C=O) groups is 1. The number of amides is 1. The van der Waals surface area contributed by atoms with Gasteiger partial charge in [0, 0.05) is 30.1 Å². The maximum absolute atomic E-state index is 12.7. The van der Waals surface area contributed by atoms with Crippen LogP contribution in [0, 0.1) is 20.8 Å². The molecule has 0 fully saturated rings. The lowest BCUT2D eigenvalue weighted by atomic mass is 9.90. The molecule has 0 saturated carbocycles. The van der Waals surface area contributed by atoms with Gasteiger partial charge in [0.25, 0.3) is 5.91 Å². The van der Waals surface area contributed by atoms with Crippen molar-refractivity contribution in [2.24, 2.45) is 0 Å². The van der Waals surface area contributed by atoms with E-state index in [2.05, 4.69) is 16.9 Å². The van der Waals surface area contributed by atoms with E-state index < -0.39 is 0 Å². The van der Waals surface area contributed by atoms with Crippen LogP contribution < -0.4 is 0 Å². The van der Waals surface area contributed by atoms with Gasteiger partial charge in [-0.15, -0.1) is 11.3 Å². The van der Waals surface area contributed by atoms with E-state index in [1.807, 2.05) is 20.9 Å². The second-order valence-corrected chi connectivity index (χ2v) is 7.55. The molecule has 2 aromatic heterocycles. The van der Waals surface area contributed by atoms with Gasteiger partial charge in [0.05, 0.1) is 10.7 Å².